The maximum atomic E-state index is 5.06. The molecule has 0 spiro atoms. The van der Waals surface area contributed by atoms with E-state index in [-0.39, 0.29) is 38.4 Å². The highest BCUT2D eigenvalue weighted by Gasteiger charge is 2.41. The summed E-state index contributed by atoms with van der Waals surface area (Å²) in [4.78, 5) is 4.93. The fraction of sp³-hybridized carbons (Fsp3) is 0.343. The molecule has 1 atom stereocenters. The number of anilines is 5. The van der Waals surface area contributed by atoms with Crippen molar-refractivity contribution in [1.29, 1.82) is 0 Å². The first-order valence-electron chi connectivity index (χ1n) is 26.4. The molecule has 7 aromatic rings. The van der Waals surface area contributed by atoms with Crippen LogP contribution in [0.2, 0.25) is 0 Å². The van der Waals surface area contributed by atoms with Crippen LogP contribution >= 0.6 is 0 Å². The third kappa shape index (κ3) is 9.09. The number of hydrogen-bond donors (Lipinski definition) is 0. The van der Waals surface area contributed by atoms with Gasteiger partial charge in [0, 0.05) is 39.4 Å². The summed E-state index contributed by atoms with van der Waals surface area (Å²) in [6, 6.07) is 58.1. The van der Waals surface area contributed by atoms with Crippen LogP contribution in [0.5, 0.6) is 0 Å². The van der Waals surface area contributed by atoms with E-state index in [2.05, 4.69) is 285 Å². The smallest absolute Gasteiger partial charge is 0.0503 e. The second-order valence-corrected chi connectivity index (χ2v) is 26.2. The molecule has 9 rings (SSSR count). The van der Waals surface area contributed by atoms with Crippen molar-refractivity contribution in [2.24, 2.45) is 5.92 Å². The topological polar surface area (TPSA) is 6.48 Å². The summed E-state index contributed by atoms with van der Waals surface area (Å²) in [7, 11) is 0. The second-order valence-electron chi connectivity index (χ2n) is 26.2. The van der Waals surface area contributed by atoms with E-state index in [1.165, 1.54) is 66.9 Å². The average molecular weight is 949 g/mol. The highest BCUT2D eigenvalue weighted by atomic mass is 15.2. The summed E-state index contributed by atoms with van der Waals surface area (Å²) < 4.78 is 0. The molecule has 0 radical (unpaired) electrons. The molecule has 2 heteroatoms. The van der Waals surface area contributed by atoms with E-state index in [9.17, 15) is 0 Å². The molecule has 2 nitrogen and oxygen atoms in total. The highest BCUT2D eigenvalue weighted by Crippen LogP contribution is 2.55. The quantitative estimate of drug-likeness (QED) is 0.164. The summed E-state index contributed by atoms with van der Waals surface area (Å²) in [6.07, 6.45) is 2.55. The van der Waals surface area contributed by atoms with E-state index in [0.29, 0.717) is 0 Å². The van der Waals surface area contributed by atoms with E-state index in [1.54, 1.807) is 0 Å². The second kappa shape index (κ2) is 17.7. The van der Waals surface area contributed by atoms with Gasteiger partial charge < -0.3 is 9.80 Å². The first kappa shape index (κ1) is 50.6. The number of nitrogens with zero attached hydrogens (tertiary/aromatic N) is 2. The Kier molecular flexibility index (Phi) is 12.4. The van der Waals surface area contributed by atoms with Crippen molar-refractivity contribution >= 4 is 39.7 Å². The number of benzene rings is 7. The van der Waals surface area contributed by atoms with Gasteiger partial charge in [-0.15, -0.1) is 0 Å². The van der Waals surface area contributed by atoms with Gasteiger partial charge in [-0.2, -0.15) is 0 Å². The Labute approximate surface area is 434 Å². The van der Waals surface area contributed by atoms with Crippen molar-refractivity contribution < 1.29 is 0 Å². The molecule has 2 aliphatic carbocycles. The molecule has 0 saturated carbocycles. The monoisotopic (exact) mass is 949 g/mol. The minimum atomic E-state index is -0.278. The van der Waals surface area contributed by atoms with Crippen molar-refractivity contribution in [2.75, 3.05) is 9.80 Å². The van der Waals surface area contributed by atoms with Gasteiger partial charge in [0.15, 0.2) is 0 Å². The third-order valence-electron chi connectivity index (χ3n) is 16.4. The zero-order chi connectivity index (χ0) is 52.1. The van der Waals surface area contributed by atoms with Crippen LogP contribution in [-0.4, -0.2) is 0 Å². The van der Waals surface area contributed by atoms with Crippen molar-refractivity contribution in [1.82, 2.24) is 0 Å². The van der Waals surface area contributed by atoms with Crippen LogP contribution in [-0.2, 0) is 32.5 Å². The lowest BCUT2D eigenvalue weighted by atomic mass is 9.70. The molecule has 0 bridgehead atoms. The Bertz CT molecular complexity index is 3080. The van der Waals surface area contributed by atoms with Gasteiger partial charge >= 0.3 is 0 Å². The van der Waals surface area contributed by atoms with Gasteiger partial charge in [-0.25, -0.2) is 0 Å². The molecule has 0 N–H and O–H groups in total. The molecular weight excluding hydrogens is 869 g/mol. The Morgan fingerprint density at radius 2 is 0.736 bits per heavy atom. The standard InChI is InChI=1S/C70H80N2/c1-45-41-64(72(53-35-27-49(28-36-53)67(9,10)11)54-37-29-50(30-38-54)68(12,13)14)58-22-20-19-21-56(58)46(2)59-43-63-60(44-62(59)69(45,15)16)57-40-39-55(42-61(57)70(63,17)18)71(51-31-23-47(24-32-51)65(3,4)5)52-33-25-48(26-34-52)66(6,7)8/h19-45H,2H2,1,3-18H3/b64-41+. The summed E-state index contributed by atoms with van der Waals surface area (Å²) in [5, 5.41) is 0. The first-order chi connectivity index (χ1) is 33.6. The molecule has 7 aromatic carbocycles. The molecule has 0 aliphatic heterocycles. The summed E-state index contributed by atoms with van der Waals surface area (Å²) in [5.74, 6) is 0.132. The minimum absolute atomic E-state index is 0.0413. The van der Waals surface area contributed by atoms with Crippen molar-refractivity contribution in [3.8, 4) is 11.1 Å². The molecule has 0 aromatic heterocycles. The largest absolute Gasteiger partial charge is 0.310 e. The summed E-state index contributed by atoms with van der Waals surface area (Å²) in [5.41, 5.74) is 23.1. The Morgan fingerprint density at radius 3 is 1.15 bits per heavy atom. The predicted molar refractivity (Wildman–Crippen MR) is 313 cm³/mol. The zero-order valence-electron chi connectivity index (χ0n) is 46.7. The van der Waals surface area contributed by atoms with Gasteiger partial charge in [0.25, 0.3) is 0 Å². The maximum Gasteiger partial charge on any atom is 0.0503 e. The van der Waals surface area contributed by atoms with Crippen molar-refractivity contribution in [3.63, 3.8) is 0 Å². The van der Waals surface area contributed by atoms with Crippen molar-refractivity contribution in [3.05, 3.63) is 220 Å². The van der Waals surface area contributed by atoms with Crippen LogP contribution < -0.4 is 9.80 Å². The number of allylic oxidation sites excluding steroid dienone is 1. The molecule has 72 heavy (non-hydrogen) atoms. The first-order valence-corrected chi connectivity index (χ1v) is 26.4. The number of fused-ring (bicyclic) bond motifs is 5. The van der Waals surface area contributed by atoms with Crippen LogP contribution in [0.4, 0.5) is 28.4 Å². The van der Waals surface area contributed by atoms with Crippen LogP contribution in [0, 0.1) is 5.92 Å². The average Bonchev–Trinajstić information content (AvgIpc) is 3.55. The fourth-order valence-corrected chi connectivity index (χ4v) is 11.1. The van der Waals surface area contributed by atoms with Crippen LogP contribution in [0.3, 0.4) is 0 Å². The normalized spacial score (nSPS) is 17.0. The van der Waals surface area contributed by atoms with Gasteiger partial charge in [-0.3, -0.25) is 0 Å². The predicted octanol–water partition coefficient (Wildman–Crippen LogP) is 19.8. The number of rotatable bonds is 6. The molecule has 0 amide bonds. The van der Waals surface area contributed by atoms with E-state index in [0.717, 1.165) is 39.6 Å². The summed E-state index contributed by atoms with van der Waals surface area (Å²) in [6.45, 7) is 44.6. The van der Waals surface area contributed by atoms with E-state index < -0.39 is 0 Å². The highest BCUT2D eigenvalue weighted by molar-refractivity contribution is 5.96. The SMILES string of the molecule is C=C1c2ccccc2/C(N(c2ccc(C(C)(C)C)cc2)c2ccc(C(C)(C)C)cc2)=C\C(C)C(C)(C)c2cc3c(cc21)C(C)(C)c1cc(N(c2ccc(C(C)(C)C)cc2)c2ccc(C(C)(C)C)cc2)ccc1-3. The molecule has 0 heterocycles. The van der Waals surface area contributed by atoms with Gasteiger partial charge in [0.2, 0.25) is 0 Å². The zero-order valence-corrected chi connectivity index (χ0v) is 46.7. The van der Waals surface area contributed by atoms with Gasteiger partial charge in [0.1, 0.15) is 0 Å². The third-order valence-corrected chi connectivity index (χ3v) is 16.4. The molecule has 0 fully saturated rings. The van der Waals surface area contributed by atoms with E-state index >= 15 is 0 Å². The molecule has 0 saturated heterocycles. The fourth-order valence-electron chi connectivity index (χ4n) is 11.1. The lowest BCUT2D eigenvalue weighted by Gasteiger charge is -2.35. The Morgan fingerprint density at radius 1 is 0.375 bits per heavy atom. The molecule has 370 valence electrons. The lowest BCUT2D eigenvalue weighted by molar-refractivity contribution is 0.409. The van der Waals surface area contributed by atoms with Crippen LogP contribution in [0.25, 0.3) is 22.4 Å². The molecule has 1 unspecified atom stereocenters. The summed E-state index contributed by atoms with van der Waals surface area (Å²) >= 11 is 0. The van der Waals surface area contributed by atoms with Crippen molar-refractivity contribution in [2.45, 2.75) is 150 Å². The minimum Gasteiger partial charge on any atom is -0.310 e. The Hall–Kier alpha value is -6.38. The van der Waals surface area contributed by atoms with Gasteiger partial charge in [-0.1, -0.05) is 209 Å². The number of hydrogen-bond acceptors (Lipinski definition) is 2. The molecular formula is C70H80N2. The van der Waals surface area contributed by atoms with Gasteiger partial charge in [-0.05, 0) is 173 Å². The molecule has 2 aliphatic rings. The van der Waals surface area contributed by atoms with Gasteiger partial charge in [0.05, 0.1) is 5.70 Å². The maximum absolute atomic E-state index is 5.06. The Balaban J connectivity index is 1.20. The lowest BCUT2D eigenvalue weighted by Crippen LogP contribution is -2.28. The van der Waals surface area contributed by atoms with Crippen LogP contribution in [0.15, 0.2) is 164 Å². The van der Waals surface area contributed by atoms with Crippen LogP contribution in [0.1, 0.15) is 173 Å². The van der Waals surface area contributed by atoms with E-state index in [1.807, 2.05) is 0 Å². The van der Waals surface area contributed by atoms with E-state index in [4.69, 9.17) is 6.58 Å².